The van der Waals surface area contributed by atoms with E-state index in [-0.39, 0.29) is 5.91 Å². The maximum absolute atomic E-state index is 12.8. The summed E-state index contributed by atoms with van der Waals surface area (Å²) in [5, 5.41) is 0.927. The molecule has 0 bridgehead atoms. The summed E-state index contributed by atoms with van der Waals surface area (Å²) in [6.07, 6.45) is 0. The lowest BCUT2D eigenvalue weighted by Crippen LogP contribution is -2.49. The molecule has 0 aliphatic carbocycles. The number of amides is 1. The topological polar surface area (TPSA) is 41.4 Å². The van der Waals surface area contributed by atoms with Gasteiger partial charge in [-0.1, -0.05) is 36.0 Å². The minimum absolute atomic E-state index is 0.199. The summed E-state index contributed by atoms with van der Waals surface area (Å²) in [6.45, 7) is 10.6. The number of aromatic nitrogens is 2. The third kappa shape index (κ3) is 3.99. The molecule has 6 heteroatoms. The van der Waals surface area contributed by atoms with Crippen molar-refractivity contribution < 1.29 is 4.79 Å². The summed E-state index contributed by atoms with van der Waals surface area (Å²) in [7, 11) is 0. The number of hydrogen-bond acceptors (Lipinski definition) is 4. The Kier molecular flexibility index (Phi) is 5.81. The van der Waals surface area contributed by atoms with Gasteiger partial charge in [0.1, 0.15) is 0 Å². The number of fused-ring (bicyclic) bond motifs is 1. The number of nitrogens with zero attached hydrogens (tertiary/aromatic N) is 4. The quantitative estimate of drug-likeness (QED) is 0.596. The zero-order valence-corrected chi connectivity index (χ0v) is 18.2. The van der Waals surface area contributed by atoms with Crippen LogP contribution in [0.3, 0.4) is 0 Å². The van der Waals surface area contributed by atoms with Crippen LogP contribution in [0, 0.1) is 13.8 Å². The fourth-order valence-corrected chi connectivity index (χ4v) is 4.94. The molecule has 29 heavy (non-hydrogen) atoms. The summed E-state index contributed by atoms with van der Waals surface area (Å²) in [4.78, 5) is 21.9. The number of piperazine rings is 1. The Morgan fingerprint density at radius 1 is 1.03 bits per heavy atom. The van der Waals surface area contributed by atoms with Crippen LogP contribution in [0.15, 0.2) is 47.6 Å². The molecule has 1 aliphatic heterocycles. The van der Waals surface area contributed by atoms with Crippen LogP contribution >= 0.6 is 11.8 Å². The maximum Gasteiger partial charge on any atom is 0.233 e. The van der Waals surface area contributed by atoms with Crippen LogP contribution in [-0.4, -0.2) is 52.3 Å². The van der Waals surface area contributed by atoms with Crippen molar-refractivity contribution in [2.45, 2.75) is 32.5 Å². The second-order valence-electron chi connectivity index (χ2n) is 7.50. The van der Waals surface area contributed by atoms with Gasteiger partial charge in [0.05, 0.1) is 16.8 Å². The van der Waals surface area contributed by atoms with Gasteiger partial charge in [-0.3, -0.25) is 4.79 Å². The predicted molar refractivity (Wildman–Crippen MR) is 121 cm³/mol. The molecule has 4 rings (SSSR count). The van der Waals surface area contributed by atoms with Crippen molar-refractivity contribution >= 4 is 34.4 Å². The number of carbonyl (C=O) groups excluding carboxylic acids is 1. The van der Waals surface area contributed by atoms with Crippen LogP contribution in [0.4, 0.5) is 5.69 Å². The highest BCUT2D eigenvalue weighted by molar-refractivity contribution is 7.99. The average molecular weight is 409 g/mol. The summed E-state index contributed by atoms with van der Waals surface area (Å²) >= 11 is 1.55. The summed E-state index contributed by atoms with van der Waals surface area (Å²) in [6, 6.07) is 14.6. The molecule has 0 radical (unpaired) electrons. The van der Waals surface area contributed by atoms with Gasteiger partial charge in [-0.15, -0.1) is 0 Å². The molecule has 1 aliphatic rings. The normalized spacial score (nSPS) is 14.6. The minimum atomic E-state index is 0.199. The van der Waals surface area contributed by atoms with Crippen molar-refractivity contribution in [3.63, 3.8) is 0 Å². The Labute approximate surface area is 176 Å². The molecule has 0 unspecified atom stereocenters. The highest BCUT2D eigenvalue weighted by atomic mass is 32.2. The lowest BCUT2D eigenvalue weighted by atomic mass is 10.1. The van der Waals surface area contributed by atoms with Gasteiger partial charge in [0.2, 0.25) is 5.91 Å². The van der Waals surface area contributed by atoms with Crippen LogP contribution in [0.5, 0.6) is 0 Å². The van der Waals surface area contributed by atoms with Crippen molar-refractivity contribution in [3.8, 4) is 0 Å². The average Bonchev–Trinajstić information content (AvgIpc) is 3.11. The molecule has 0 atom stereocenters. The fourth-order valence-electron chi connectivity index (χ4n) is 3.96. The minimum Gasteiger partial charge on any atom is -0.368 e. The van der Waals surface area contributed by atoms with Crippen LogP contribution < -0.4 is 4.90 Å². The van der Waals surface area contributed by atoms with E-state index in [1.165, 1.54) is 16.8 Å². The van der Waals surface area contributed by atoms with E-state index in [1.807, 2.05) is 23.1 Å². The molecule has 0 N–H and O–H groups in total. The third-order valence-corrected chi connectivity index (χ3v) is 6.77. The van der Waals surface area contributed by atoms with E-state index in [0.29, 0.717) is 5.75 Å². The van der Waals surface area contributed by atoms with Crippen LogP contribution in [0.1, 0.15) is 18.1 Å². The fraction of sp³-hybridized carbons (Fsp3) is 0.391. The monoisotopic (exact) mass is 408 g/mol. The zero-order chi connectivity index (χ0) is 20.4. The summed E-state index contributed by atoms with van der Waals surface area (Å²) < 4.78 is 2.19. The number of rotatable bonds is 5. The molecule has 1 amide bonds. The molecular formula is C23H28N4OS. The van der Waals surface area contributed by atoms with E-state index in [4.69, 9.17) is 4.98 Å². The van der Waals surface area contributed by atoms with Gasteiger partial charge >= 0.3 is 0 Å². The van der Waals surface area contributed by atoms with Crippen LogP contribution in [0.2, 0.25) is 0 Å². The van der Waals surface area contributed by atoms with Crippen LogP contribution in [0.25, 0.3) is 11.0 Å². The van der Waals surface area contributed by atoms with Gasteiger partial charge in [-0.05, 0) is 50.1 Å². The second-order valence-corrected chi connectivity index (χ2v) is 8.45. The van der Waals surface area contributed by atoms with Gasteiger partial charge < -0.3 is 14.4 Å². The molecule has 1 fully saturated rings. The first-order valence-corrected chi connectivity index (χ1v) is 11.2. The highest BCUT2D eigenvalue weighted by Gasteiger charge is 2.23. The number of anilines is 1. The van der Waals surface area contributed by atoms with Crippen LogP contribution in [-0.2, 0) is 11.3 Å². The van der Waals surface area contributed by atoms with Crippen molar-refractivity contribution in [1.29, 1.82) is 0 Å². The number of benzene rings is 2. The van der Waals surface area contributed by atoms with E-state index in [1.54, 1.807) is 11.8 Å². The molecule has 3 aromatic rings. The summed E-state index contributed by atoms with van der Waals surface area (Å²) in [5.74, 6) is 0.637. The molecule has 152 valence electrons. The van der Waals surface area contributed by atoms with Gasteiger partial charge in [0, 0.05) is 38.4 Å². The lowest BCUT2D eigenvalue weighted by Gasteiger charge is -2.37. The number of aryl methyl sites for hydroxylation is 2. The largest absolute Gasteiger partial charge is 0.368 e. The molecule has 2 aromatic carbocycles. The molecule has 1 saturated heterocycles. The maximum atomic E-state index is 12.8. The molecule has 0 saturated carbocycles. The zero-order valence-electron chi connectivity index (χ0n) is 17.4. The Morgan fingerprint density at radius 3 is 2.55 bits per heavy atom. The predicted octanol–water partition coefficient (Wildman–Crippen LogP) is 4.11. The molecule has 0 spiro atoms. The van der Waals surface area contributed by atoms with E-state index >= 15 is 0 Å². The number of hydrogen-bond donors (Lipinski definition) is 0. The van der Waals surface area contributed by atoms with Gasteiger partial charge in [-0.2, -0.15) is 0 Å². The van der Waals surface area contributed by atoms with Crippen molar-refractivity contribution in [2.24, 2.45) is 0 Å². The van der Waals surface area contributed by atoms with Crippen molar-refractivity contribution in [2.75, 3.05) is 36.8 Å². The Hall–Kier alpha value is -2.47. The molecule has 5 nitrogen and oxygen atoms in total. The lowest BCUT2D eigenvalue weighted by molar-refractivity contribution is -0.128. The molecule has 2 heterocycles. The smallest absolute Gasteiger partial charge is 0.233 e. The number of carbonyl (C=O) groups is 1. The third-order valence-electron chi connectivity index (χ3n) is 5.81. The summed E-state index contributed by atoms with van der Waals surface area (Å²) in [5.41, 5.74) is 6.07. The first-order chi connectivity index (χ1) is 14.1. The van der Waals surface area contributed by atoms with Gasteiger partial charge in [-0.25, -0.2) is 4.98 Å². The van der Waals surface area contributed by atoms with E-state index < -0.39 is 0 Å². The number of imidazole rings is 1. The molecular weight excluding hydrogens is 380 g/mol. The van der Waals surface area contributed by atoms with Gasteiger partial charge in [0.15, 0.2) is 5.16 Å². The second kappa shape index (κ2) is 8.49. The SMILES string of the molecule is CCn1c(SCC(=O)N2CCN(c3cccc(C)c3C)CC2)nc2ccccc21. The van der Waals surface area contributed by atoms with E-state index in [2.05, 4.69) is 54.5 Å². The molecule has 1 aromatic heterocycles. The van der Waals surface area contributed by atoms with Crippen molar-refractivity contribution in [1.82, 2.24) is 14.5 Å². The van der Waals surface area contributed by atoms with Gasteiger partial charge in [0.25, 0.3) is 0 Å². The Balaban J connectivity index is 1.37. The highest BCUT2D eigenvalue weighted by Crippen LogP contribution is 2.26. The Bertz CT molecular complexity index is 1020. The number of para-hydroxylation sites is 2. The van der Waals surface area contributed by atoms with E-state index in [9.17, 15) is 4.79 Å². The Morgan fingerprint density at radius 2 is 1.79 bits per heavy atom. The standard InChI is InChI=1S/C23H28N4OS/c1-4-27-21-10-6-5-9-19(21)24-23(27)29-16-22(28)26-14-12-25(13-15-26)20-11-7-8-17(2)18(20)3/h5-11H,4,12-16H2,1-3H3. The first kappa shape index (κ1) is 19.8. The number of thioether (sulfide) groups is 1. The first-order valence-electron chi connectivity index (χ1n) is 10.3. The van der Waals surface area contributed by atoms with E-state index in [0.717, 1.165) is 48.9 Å². The van der Waals surface area contributed by atoms with Crippen molar-refractivity contribution in [3.05, 3.63) is 53.6 Å².